The van der Waals surface area contributed by atoms with Crippen molar-refractivity contribution in [1.29, 1.82) is 0 Å². The summed E-state index contributed by atoms with van der Waals surface area (Å²) < 4.78 is 15.9. The molecule has 0 radical (unpaired) electrons. The molecule has 0 saturated carbocycles. The summed E-state index contributed by atoms with van der Waals surface area (Å²) in [7, 11) is 4.59. The third kappa shape index (κ3) is 2.54. The van der Waals surface area contributed by atoms with E-state index >= 15 is 0 Å². The monoisotopic (exact) mass is 279 g/mol. The molecular formula is C14H17NO5. The van der Waals surface area contributed by atoms with Crippen molar-refractivity contribution in [1.82, 2.24) is 5.32 Å². The molecular weight excluding hydrogens is 262 g/mol. The van der Waals surface area contributed by atoms with Crippen molar-refractivity contribution in [2.24, 2.45) is 5.92 Å². The molecule has 0 spiro atoms. The first-order chi connectivity index (χ1) is 9.60. The van der Waals surface area contributed by atoms with Crippen LogP contribution in [0, 0.1) is 5.92 Å². The minimum absolute atomic E-state index is 0.205. The molecule has 20 heavy (non-hydrogen) atoms. The zero-order chi connectivity index (χ0) is 14.7. The second kappa shape index (κ2) is 5.81. The van der Waals surface area contributed by atoms with Crippen LogP contribution in [0.5, 0.6) is 17.2 Å². The van der Waals surface area contributed by atoms with Crippen LogP contribution in [0.2, 0.25) is 0 Å². The highest BCUT2D eigenvalue weighted by atomic mass is 16.5. The molecule has 1 aliphatic rings. The SMILES string of the molecule is COc1ccc(CC2CC(=O)NC2=O)c(OC)c1OC. The zero-order valence-electron chi connectivity index (χ0n) is 11.7. The molecule has 0 aromatic heterocycles. The van der Waals surface area contributed by atoms with Gasteiger partial charge in [-0.3, -0.25) is 14.9 Å². The van der Waals surface area contributed by atoms with Crippen molar-refractivity contribution in [2.75, 3.05) is 21.3 Å². The van der Waals surface area contributed by atoms with E-state index in [-0.39, 0.29) is 24.2 Å². The highest BCUT2D eigenvalue weighted by molar-refractivity contribution is 6.03. The summed E-state index contributed by atoms with van der Waals surface area (Å²) >= 11 is 0. The van der Waals surface area contributed by atoms with Crippen LogP contribution >= 0.6 is 0 Å². The van der Waals surface area contributed by atoms with Crippen LogP contribution in [0.15, 0.2) is 12.1 Å². The molecule has 0 aliphatic carbocycles. The molecule has 1 unspecified atom stereocenters. The predicted octanol–water partition coefficient (Wildman–Crippen LogP) is 0.918. The lowest BCUT2D eigenvalue weighted by Crippen LogP contribution is -2.23. The maximum Gasteiger partial charge on any atom is 0.230 e. The second-order valence-corrected chi connectivity index (χ2v) is 4.51. The standard InChI is InChI=1S/C14H17NO5/c1-18-10-5-4-8(12(19-2)13(10)20-3)6-9-7-11(16)15-14(9)17/h4-5,9H,6-7H2,1-3H3,(H,15,16,17). The Morgan fingerprint density at radius 1 is 1.10 bits per heavy atom. The van der Waals surface area contributed by atoms with Crippen molar-refractivity contribution < 1.29 is 23.8 Å². The normalized spacial score (nSPS) is 17.9. The van der Waals surface area contributed by atoms with Crippen LogP contribution in [-0.4, -0.2) is 33.1 Å². The number of nitrogens with one attached hydrogen (secondary N) is 1. The molecule has 2 rings (SSSR count). The number of carbonyl (C=O) groups is 2. The average molecular weight is 279 g/mol. The Morgan fingerprint density at radius 3 is 2.30 bits per heavy atom. The summed E-state index contributed by atoms with van der Waals surface area (Å²) in [5.41, 5.74) is 0.806. The Bertz CT molecular complexity index is 541. The highest BCUT2D eigenvalue weighted by Crippen LogP contribution is 2.40. The summed E-state index contributed by atoms with van der Waals surface area (Å²) in [5.74, 6) is 0.720. The Kier molecular flexibility index (Phi) is 4.12. The molecule has 2 amide bonds. The molecule has 1 atom stereocenters. The highest BCUT2D eigenvalue weighted by Gasteiger charge is 2.31. The van der Waals surface area contributed by atoms with E-state index < -0.39 is 0 Å². The quantitative estimate of drug-likeness (QED) is 0.811. The van der Waals surface area contributed by atoms with Crippen molar-refractivity contribution in [3.63, 3.8) is 0 Å². The van der Waals surface area contributed by atoms with E-state index in [1.807, 2.05) is 6.07 Å². The van der Waals surface area contributed by atoms with Gasteiger partial charge in [-0.15, -0.1) is 0 Å². The number of benzene rings is 1. The van der Waals surface area contributed by atoms with Gasteiger partial charge in [-0.2, -0.15) is 0 Å². The van der Waals surface area contributed by atoms with Gasteiger partial charge in [0.25, 0.3) is 0 Å². The molecule has 1 fully saturated rings. The van der Waals surface area contributed by atoms with E-state index in [9.17, 15) is 9.59 Å². The van der Waals surface area contributed by atoms with Gasteiger partial charge < -0.3 is 14.2 Å². The van der Waals surface area contributed by atoms with E-state index in [2.05, 4.69) is 5.32 Å². The van der Waals surface area contributed by atoms with Crippen LogP contribution in [0.1, 0.15) is 12.0 Å². The van der Waals surface area contributed by atoms with Gasteiger partial charge in [0, 0.05) is 6.42 Å². The summed E-state index contributed by atoms with van der Waals surface area (Å²) in [4.78, 5) is 22.9. The zero-order valence-corrected chi connectivity index (χ0v) is 11.7. The summed E-state index contributed by atoms with van der Waals surface area (Å²) in [6.07, 6.45) is 0.622. The van der Waals surface area contributed by atoms with Crippen molar-refractivity contribution in [3.05, 3.63) is 17.7 Å². The minimum Gasteiger partial charge on any atom is -0.493 e. The number of rotatable bonds is 5. The fourth-order valence-electron chi connectivity index (χ4n) is 2.36. The molecule has 1 saturated heterocycles. The largest absolute Gasteiger partial charge is 0.493 e. The van der Waals surface area contributed by atoms with Crippen molar-refractivity contribution in [3.8, 4) is 17.2 Å². The molecule has 6 heteroatoms. The third-order valence-corrected chi connectivity index (χ3v) is 3.32. The van der Waals surface area contributed by atoms with Crippen LogP contribution in [0.25, 0.3) is 0 Å². The van der Waals surface area contributed by atoms with Gasteiger partial charge in [0.05, 0.1) is 27.2 Å². The topological polar surface area (TPSA) is 73.9 Å². The van der Waals surface area contributed by atoms with E-state index in [0.29, 0.717) is 23.7 Å². The number of imide groups is 1. The van der Waals surface area contributed by atoms with Gasteiger partial charge in [-0.1, -0.05) is 6.07 Å². The second-order valence-electron chi connectivity index (χ2n) is 4.51. The fraction of sp³-hybridized carbons (Fsp3) is 0.429. The van der Waals surface area contributed by atoms with E-state index in [0.717, 1.165) is 5.56 Å². The van der Waals surface area contributed by atoms with Crippen molar-refractivity contribution >= 4 is 11.8 Å². The smallest absolute Gasteiger partial charge is 0.230 e. The Balaban J connectivity index is 2.32. The molecule has 0 bridgehead atoms. The molecule has 6 nitrogen and oxygen atoms in total. The van der Waals surface area contributed by atoms with Crippen molar-refractivity contribution in [2.45, 2.75) is 12.8 Å². The van der Waals surface area contributed by atoms with Crippen LogP contribution in [-0.2, 0) is 16.0 Å². The first kappa shape index (κ1) is 14.2. The Labute approximate surface area is 117 Å². The fourth-order valence-corrected chi connectivity index (χ4v) is 2.36. The van der Waals surface area contributed by atoms with E-state index in [4.69, 9.17) is 14.2 Å². The van der Waals surface area contributed by atoms with Gasteiger partial charge in [0.15, 0.2) is 11.5 Å². The first-order valence-corrected chi connectivity index (χ1v) is 6.22. The van der Waals surface area contributed by atoms with E-state index in [1.54, 1.807) is 13.2 Å². The lowest BCUT2D eigenvalue weighted by molar-refractivity contribution is -0.125. The average Bonchev–Trinajstić information content (AvgIpc) is 2.76. The Hall–Kier alpha value is -2.24. The number of carbonyl (C=O) groups excluding carboxylic acids is 2. The summed E-state index contributed by atoms with van der Waals surface area (Å²) in [5, 5.41) is 2.30. The van der Waals surface area contributed by atoms with Gasteiger partial charge in [-0.05, 0) is 18.1 Å². The van der Waals surface area contributed by atoms with Gasteiger partial charge in [-0.25, -0.2) is 0 Å². The third-order valence-electron chi connectivity index (χ3n) is 3.32. The minimum atomic E-state index is -0.366. The number of methoxy groups -OCH3 is 3. The lowest BCUT2D eigenvalue weighted by atomic mass is 9.96. The maximum atomic E-state index is 11.6. The molecule has 108 valence electrons. The molecule has 1 aliphatic heterocycles. The molecule has 1 heterocycles. The lowest BCUT2D eigenvalue weighted by Gasteiger charge is -2.16. The number of hydrogen-bond donors (Lipinski definition) is 1. The maximum absolute atomic E-state index is 11.6. The van der Waals surface area contributed by atoms with E-state index in [1.165, 1.54) is 14.2 Å². The first-order valence-electron chi connectivity index (χ1n) is 6.22. The van der Waals surface area contributed by atoms with Gasteiger partial charge >= 0.3 is 0 Å². The summed E-state index contributed by atoms with van der Waals surface area (Å²) in [6.45, 7) is 0. The van der Waals surface area contributed by atoms with Crippen LogP contribution in [0.3, 0.4) is 0 Å². The molecule has 1 aromatic carbocycles. The van der Waals surface area contributed by atoms with Crippen LogP contribution < -0.4 is 19.5 Å². The number of amides is 2. The van der Waals surface area contributed by atoms with Gasteiger partial charge in [0.1, 0.15) is 0 Å². The Morgan fingerprint density at radius 2 is 1.80 bits per heavy atom. The van der Waals surface area contributed by atoms with Gasteiger partial charge in [0.2, 0.25) is 17.6 Å². The predicted molar refractivity (Wildman–Crippen MR) is 71.1 cm³/mol. The molecule has 1 aromatic rings. The number of ether oxygens (including phenoxy) is 3. The summed E-state index contributed by atoms with van der Waals surface area (Å²) in [6, 6.07) is 3.57. The molecule has 1 N–H and O–H groups in total. The number of hydrogen-bond acceptors (Lipinski definition) is 5. The van der Waals surface area contributed by atoms with Crippen LogP contribution in [0.4, 0.5) is 0 Å².